The van der Waals surface area contributed by atoms with Gasteiger partial charge in [-0.3, -0.25) is 14.4 Å². The Morgan fingerprint density at radius 3 is 2.28 bits per heavy atom. The molecule has 2 saturated heterocycles. The second kappa shape index (κ2) is 8.38. The summed E-state index contributed by atoms with van der Waals surface area (Å²) >= 11 is 0. The first-order chi connectivity index (χ1) is 18.0. The number of nitriles is 1. The molecule has 0 aromatic rings. The first-order valence-corrected chi connectivity index (χ1v) is 14.9. The number of nitrogens with one attached hydrogen (secondary N) is 1. The lowest BCUT2D eigenvalue weighted by Crippen LogP contribution is -2.73. The van der Waals surface area contributed by atoms with E-state index in [4.69, 9.17) is 4.74 Å². The molecule has 2 aliphatic heterocycles. The van der Waals surface area contributed by atoms with Crippen LogP contribution < -0.4 is 5.32 Å². The van der Waals surface area contributed by atoms with E-state index in [1.54, 1.807) is 0 Å². The number of fused-ring (bicyclic) bond motifs is 5. The predicted molar refractivity (Wildman–Crippen MR) is 149 cm³/mol. The van der Waals surface area contributed by atoms with Crippen LogP contribution in [0.2, 0.25) is 0 Å². The molecule has 1 N–H and O–H groups in total. The Kier molecular flexibility index (Phi) is 6.08. The number of amides is 1. The van der Waals surface area contributed by atoms with E-state index in [-0.39, 0.29) is 34.4 Å². The second-order valence-electron chi connectivity index (χ2n) is 15.1. The molecular formula is C33H46N2O4. The molecule has 0 radical (unpaired) electrons. The van der Waals surface area contributed by atoms with Crippen LogP contribution in [-0.2, 0) is 19.1 Å². The van der Waals surface area contributed by atoms with E-state index >= 15 is 0 Å². The summed E-state index contributed by atoms with van der Waals surface area (Å²) in [5.41, 5.74) is -3.11. The molecule has 6 atom stereocenters. The molecule has 0 aromatic heterocycles. The third-order valence-corrected chi connectivity index (χ3v) is 12.4. The molecule has 1 amide bonds. The van der Waals surface area contributed by atoms with E-state index in [0.29, 0.717) is 32.2 Å². The minimum atomic E-state index is -1.10. The van der Waals surface area contributed by atoms with Gasteiger partial charge in [0, 0.05) is 22.8 Å². The van der Waals surface area contributed by atoms with Gasteiger partial charge in [-0.05, 0) is 86.7 Å². The Balaban J connectivity index is 1.73. The number of ketones is 2. The maximum absolute atomic E-state index is 14.7. The fraction of sp³-hybridized carbons (Fsp3) is 0.758. The number of hydrogen-bond donors (Lipinski definition) is 1. The molecule has 3 fully saturated rings. The Hall–Kier alpha value is -2.26. The third kappa shape index (κ3) is 3.44. The topological polar surface area (TPSA) is 96.3 Å². The van der Waals surface area contributed by atoms with E-state index in [1.807, 2.05) is 32.9 Å². The lowest BCUT2D eigenvalue weighted by atomic mass is 9.37. The molecule has 0 unspecified atom stereocenters. The van der Waals surface area contributed by atoms with E-state index in [9.17, 15) is 19.6 Å². The highest BCUT2D eigenvalue weighted by molar-refractivity contribution is 6.05. The highest BCUT2D eigenvalue weighted by Crippen LogP contribution is 2.73. The van der Waals surface area contributed by atoms with Gasteiger partial charge >= 0.3 is 0 Å². The second-order valence-corrected chi connectivity index (χ2v) is 15.1. The molecule has 212 valence electrons. The molecule has 1 saturated carbocycles. The monoisotopic (exact) mass is 534 g/mol. The van der Waals surface area contributed by atoms with Gasteiger partial charge in [-0.1, -0.05) is 54.5 Å². The lowest BCUT2D eigenvalue weighted by molar-refractivity contribution is -0.272. The van der Waals surface area contributed by atoms with Gasteiger partial charge in [-0.25, -0.2) is 0 Å². The van der Waals surface area contributed by atoms with Crippen LogP contribution in [0.3, 0.4) is 0 Å². The molecular weight excluding hydrogens is 488 g/mol. The normalized spacial score (nSPS) is 44.2. The zero-order valence-corrected chi connectivity index (χ0v) is 25.2. The summed E-state index contributed by atoms with van der Waals surface area (Å²) in [5.74, 6) is -0.250. The molecule has 3 aliphatic carbocycles. The number of carbonyl (C=O) groups is 3. The number of likely N-dealkylation sites (N-methyl/N-ethyl adjacent to an activating group) is 1. The van der Waals surface area contributed by atoms with Crippen molar-refractivity contribution in [1.82, 2.24) is 5.32 Å². The van der Waals surface area contributed by atoms with Gasteiger partial charge in [0.2, 0.25) is 0 Å². The van der Waals surface area contributed by atoms with Crippen molar-refractivity contribution >= 4 is 17.5 Å². The average Bonchev–Trinajstić information content (AvgIpc) is 2.86. The molecule has 2 bridgehead atoms. The molecule has 6 heteroatoms. The van der Waals surface area contributed by atoms with Crippen LogP contribution in [0, 0.1) is 44.3 Å². The first kappa shape index (κ1) is 28.3. The molecule has 0 aromatic carbocycles. The lowest BCUT2D eigenvalue weighted by Gasteiger charge is -2.70. The van der Waals surface area contributed by atoms with Crippen molar-refractivity contribution in [2.24, 2.45) is 33.0 Å². The minimum Gasteiger partial charge on any atom is -0.354 e. The number of hydrogen-bond acceptors (Lipinski definition) is 5. The average molecular weight is 535 g/mol. The maximum Gasteiger partial charge on any atom is 0.252 e. The number of carbonyl (C=O) groups excluding carboxylic acids is 3. The van der Waals surface area contributed by atoms with Crippen LogP contribution in [0.5, 0.6) is 0 Å². The van der Waals surface area contributed by atoms with E-state index < -0.39 is 32.9 Å². The summed E-state index contributed by atoms with van der Waals surface area (Å²) in [4.78, 5) is 41.6. The van der Waals surface area contributed by atoms with E-state index in [2.05, 4.69) is 46.0 Å². The highest BCUT2D eigenvalue weighted by Gasteiger charge is 2.74. The quantitative estimate of drug-likeness (QED) is 0.468. The van der Waals surface area contributed by atoms with Crippen LogP contribution in [0.15, 0.2) is 23.3 Å². The van der Waals surface area contributed by atoms with Crippen LogP contribution in [0.25, 0.3) is 0 Å². The van der Waals surface area contributed by atoms with Gasteiger partial charge in [0.1, 0.15) is 17.3 Å². The van der Waals surface area contributed by atoms with Gasteiger partial charge in [0.05, 0.1) is 5.57 Å². The Labute approximate surface area is 234 Å². The van der Waals surface area contributed by atoms with Gasteiger partial charge in [-0.2, -0.15) is 5.26 Å². The summed E-state index contributed by atoms with van der Waals surface area (Å²) in [6.07, 6.45) is 9.54. The smallest absolute Gasteiger partial charge is 0.252 e. The van der Waals surface area contributed by atoms with Gasteiger partial charge in [0.25, 0.3) is 5.91 Å². The van der Waals surface area contributed by atoms with Crippen molar-refractivity contribution in [2.45, 2.75) is 118 Å². The molecule has 2 heterocycles. The van der Waals surface area contributed by atoms with E-state index in [0.717, 1.165) is 31.3 Å². The molecule has 5 rings (SSSR count). The fourth-order valence-electron chi connectivity index (χ4n) is 9.62. The number of ether oxygens (including phenoxy) is 1. The molecule has 1 spiro atoms. The summed E-state index contributed by atoms with van der Waals surface area (Å²) in [6, 6.07) is 2.17. The third-order valence-electron chi connectivity index (χ3n) is 12.4. The molecule has 5 aliphatic rings. The van der Waals surface area contributed by atoms with Crippen LogP contribution in [-0.4, -0.2) is 35.2 Å². The summed E-state index contributed by atoms with van der Waals surface area (Å²) in [5, 5.41) is 12.9. The van der Waals surface area contributed by atoms with Gasteiger partial charge in [0.15, 0.2) is 11.6 Å². The maximum atomic E-state index is 14.7. The Bertz CT molecular complexity index is 1250. The molecule has 39 heavy (non-hydrogen) atoms. The summed E-state index contributed by atoms with van der Waals surface area (Å²) < 4.78 is 7.08. The van der Waals surface area contributed by atoms with Crippen LogP contribution >= 0.6 is 0 Å². The van der Waals surface area contributed by atoms with Crippen molar-refractivity contribution in [1.29, 1.82) is 5.26 Å². The molecule has 6 nitrogen and oxygen atoms in total. The summed E-state index contributed by atoms with van der Waals surface area (Å²) in [7, 11) is 0. The predicted octanol–water partition coefficient (Wildman–Crippen LogP) is 6.01. The summed E-state index contributed by atoms with van der Waals surface area (Å²) in [6.45, 7) is 17.5. The zero-order valence-electron chi connectivity index (χ0n) is 25.2. The van der Waals surface area contributed by atoms with Crippen molar-refractivity contribution in [3.63, 3.8) is 0 Å². The minimum absolute atomic E-state index is 0.00502. The number of rotatable bonds is 2. The SMILES string of the molecule is CCNC(=O)[C@]12CCC(C)(C)CC[C@@]3(O1)C(=O)C=C1[C@@]4(C)C=C(C#N)C(=O)C(C)(C)[C@@H]4CC[C@@]1(C)[C@]3(C)CC2. The fourth-order valence-corrected chi connectivity index (χ4v) is 9.62. The van der Waals surface area contributed by atoms with Gasteiger partial charge in [-0.15, -0.1) is 0 Å². The van der Waals surface area contributed by atoms with E-state index in [1.165, 1.54) is 0 Å². The standard InChI is InChI=1S/C33H46N2O4/c1-9-35-26(38)32-15-12-27(2,3)13-17-33(39-32)24(36)18-23-29(6)19-21(20-34)25(37)28(4,5)22(29)10-11-30(23,7)31(33,8)14-16-32/h18-19,22H,9-17H2,1-8H3,(H,35,38)/t22-,29-,30+,31-,32+,33+/m0/s1. The van der Waals surface area contributed by atoms with Crippen molar-refractivity contribution in [3.05, 3.63) is 23.3 Å². The van der Waals surface area contributed by atoms with Crippen molar-refractivity contribution < 1.29 is 19.1 Å². The first-order valence-electron chi connectivity index (χ1n) is 14.9. The van der Waals surface area contributed by atoms with Gasteiger partial charge < -0.3 is 10.1 Å². The Morgan fingerprint density at radius 1 is 1.00 bits per heavy atom. The highest BCUT2D eigenvalue weighted by atomic mass is 16.5. The number of nitrogens with zero attached hydrogens (tertiary/aromatic N) is 1. The van der Waals surface area contributed by atoms with Crippen LogP contribution in [0.4, 0.5) is 0 Å². The number of Topliss-reactive ketones (excluding diaryl/α,β-unsaturated/α-hetero) is 1. The van der Waals surface area contributed by atoms with Crippen LogP contribution in [0.1, 0.15) is 107 Å². The Morgan fingerprint density at radius 2 is 1.64 bits per heavy atom. The van der Waals surface area contributed by atoms with Crippen molar-refractivity contribution in [3.8, 4) is 6.07 Å². The largest absolute Gasteiger partial charge is 0.354 e. The van der Waals surface area contributed by atoms with Crippen molar-refractivity contribution in [2.75, 3.05) is 6.54 Å². The zero-order chi connectivity index (χ0) is 28.9. The number of allylic oxidation sites excluding steroid dienone is 3.